The first-order valence-corrected chi connectivity index (χ1v) is 55.5. The van der Waals surface area contributed by atoms with Crippen molar-refractivity contribution in [3.8, 4) is 0 Å². The van der Waals surface area contributed by atoms with Crippen molar-refractivity contribution in [2.45, 2.75) is 146 Å². The van der Waals surface area contributed by atoms with Gasteiger partial charge in [-0.25, -0.2) is 62.6 Å². The Kier molecular flexibility index (Phi) is 23.7. The molecule has 0 spiro atoms. The molecule has 20 N–H and O–H groups in total. The number of aromatic nitrogens is 27. The van der Waals surface area contributed by atoms with Gasteiger partial charge in [0.25, 0.3) is 16.7 Å². The molecular weight excluding hydrogens is 2100 g/mol. The number of thiol groups is 1. The lowest BCUT2D eigenvalue weighted by Crippen LogP contribution is -2.45. The average Bonchev–Trinajstić information content (AvgIpc) is 1.56. The molecule has 30 atom stereocenters. The molecule has 0 radical (unpaired) electrons. The van der Waals surface area contributed by atoms with Crippen LogP contribution in [-0.4, -0.2) is 326 Å². The maximum atomic E-state index is 15.9. The molecule has 738 valence electrons. The van der Waals surface area contributed by atoms with Gasteiger partial charge in [-0.15, -0.1) is 15.3 Å². The Labute approximate surface area is 790 Å². The van der Waals surface area contributed by atoms with Crippen molar-refractivity contribution in [1.29, 1.82) is 0 Å². The van der Waals surface area contributed by atoms with Crippen LogP contribution in [0.3, 0.4) is 0 Å². The van der Waals surface area contributed by atoms with Crippen LogP contribution in [0.15, 0.2) is 52.3 Å². The maximum Gasteiger partial charge on any atom is 0.386 e. The summed E-state index contributed by atoms with van der Waals surface area (Å²) in [5.41, 5.74) is 28.8. The Bertz CT molecular complexity index is 6780. The van der Waals surface area contributed by atoms with E-state index in [1.165, 1.54) is 51.7 Å². The highest BCUT2D eigenvalue weighted by Crippen LogP contribution is 2.65. The van der Waals surface area contributed by atoms with Crippen LogP contribution < -0.4 is 51.1 Å². The van der Waals surface area contributed by atoms with E-state index in [-0.39, 0.29) is 88.6 Å². The molecule has 78 heteroatoms. The number of nitrogens with zero attached hydrogens (tertiary/aromatic N) is 24. The molecular formula is C60H66F3N33O30P6S6. The molecule has 0 aliphatic carbocycles. The first-order valence-electron chi connectivity index (χ1n) is 39.9. The predicted octanol–water partition coefficient (Wildman–Crippen LogP) is -3.16. The second kappa shape index (κ2) is 34.6. The van der Waals surface area contributed by atoms with E-state index in [1.54, 1.807) is 0 Å². The molecule has 0 saturated carbocycles. The van der Waals surface area contributed by atoms with Gasteiger partial charge in [0.1, 0.15) is 126 Å². The maximum absolute atomic E-state index is 15.9. The first kappa shape index (κ1) is 94.8. The number of H-pyrrole nitrogens is 3. The van der Waals surface area contributed by atoms with Crippen LogP contribution in [0.2, 0.25) is 0 Å². The van der Waals surface area contributed by atoms with E-state index in [1.807, 2.05) is 0 Å². The highest BCUT2D eigenvalue weighted by molar-refractivity contribution is 8.44. The zero-order valence-corrected chi connectivity index (χ0v) is 78.7. The average molecular weight is 2160 g/mol. The molecule has 6 unspecified atom stereocenters. The summed E-state index contributed by atoms with van der Waals surface area (Å²) in [6, 6.07) is 0. The minimum absolute atomic E-state index is 0.131. The summed E-state index contributed by atoms with van der Waals surface area (Å²) >= 11 is 30.5. The molecule has 0 amide bonds. The molecule has 24 heterocycles. The second-order valence-corrected chi connectivity index (χ2v) is 48.9. The van der Waals surface area contributed by atoms with Crippen molar-refractivity contribution < 1.29 is 139 Å². The number of nitrogens with one attached hydrogen (secondary N) is 3. The van der Waals surface area contributed by atoms with Crippen LogP contribution >= 0.6 is 52.6 Å². The quantitative estimate of drug-likeness (QED) is 0.0577. The predicted molar refractivity (Wildman–Crippen MR) is 469 cm³/mol. The fourth-order valence-corrected chi connectivity index (χ4v) is 26.1. The van der Waals surface area contributed by atoms with Crippen molar-refractivity contribution in [2.75, 3.05) is 93.9 Å². The van der Waals surface area contributed by atoms with Crippen LogP contribution in [-0.2, 0) is 161 Å². The van der Waals surface area contributed by atoms with E-state index in [0.29, 0.717) is 33.5 Å². The normalized spacial score (nSPS) is 39.7. The van der Waals surface area contributed by atoms with Gasteiger partial charge in [-0.1, -0.05) is 27.9 Å². The van der Waals surface area contributed by atoms with E-state index in [4.69, 9.17) is 190 Å². The van der Waals surface area contributed by atoms with Gasteiger partial charge in [-0.05, 0) is 59.0 Å². The minimum Gasteiger partial charge on any atom is -0.382 e. The summed E-state index contributed by atoms with van der Waals surface area (Å²) in [4.78, 5) is 149. The van der Waals surface area contributed by atoms with Gasteiger partial charge in [0.2, 0.25) is 17.8 Å². The Morgan fingerprint density at radius 3 is 0.978 bits per heavy atom. The van der Waals surface area contributed by atoms with Crippen LogP contribution in [0.5, 0.6) is 0 Å². The number of nitrogen functional groups attached to an aromatic ring is 6. The largest absolute Gasteiger partial charge is 0.386 e. The smallest absolute Gasteiger partial charge is 0.382 e. The molecule has 12 saturated heterocycles. The minimum atomic E-state index is -4.47. The summed E-state index contributed by atoms with van der Waals surface area (Å²) in [5.74, 6) is -0.425. The van der Waals surface area contributed by atoms with Crippen LogP contribution in [0.25, 0.3) is 67.0 Å². The number of halogens is 3. The number of alkyl halides is 3. The third-order valence-corrected chi connectivity index (χ3v) is 32.9. The lowest BCUT2D eigenvalue weighted by Gasteiger charge is -2.33. The van der Waals surface area contributed by atoms with E-state index < -0.39 is 243 Å². The van der Waals surface area contributed by atoms with Gasteiger partial charge in [0.05, 0.1) is 78.4 Å². The SMILES string of the molecule is Nc1nc2c(nnn2[C@@H]2O[C@@H]3COP(O)(=S)O[C@H]4[C@H]5OC[C@]4(COP(=O)(S)O[C@@H]2[C@H]3F)O[C@H]5n2cnc3c(N)ncnc32)c(=O)[nH]1.Nc1nc2c(nnn2[C@@H]2O[C@@H]3COP(O)(=S)O[C@H]4[C@H]5OC[C@]4(COP(O)(=S)O[C@@H]2[C@H]3F)O[C@H]5n2cnc3c(N)ncnc32)c(=O)[nH]1.Nc1nc2c(nnn2[C@@H]2O[C@@H]3COP(O)(=S)O[C@H]4[C@H]5OC[C@]4(COP(O)(=S)O[C@@H]2[C@H]3F)O[C@H]5n2cnc3c(N)ncnc32)c(=O)[nH]1. The molecule has 24 rings (SSSR count). The number of rotatable bonds is 6. The van der Waals surface area contributed by atoms with E-state index >= 15 is 13.2 Å². The van der Waals surface area contributed by atoms with Gasteiger partial charge < -0.3 is 124 Å². The third-order valence-electron chi connectivity index (χ3n) is 23.6. The Morgan fingerprint density at radius 1 is 0.377 bits per heavy atom. The van der Waals surface area contributed by atoms with Gasteiger partial charge >= 0.3 is 40.4 Å². The summed E-state index contributed by atoms with van der Waals surface area (Å²) < 4.78 is 192. The summed E-state index contributed by atoms with van der Waals surface area (Å²) in [5, 5.41) is 22.9. The van der Waals surface area contributed by atoms with E-state index in [9.17, 15) is 43.4 Å². The van der Waals surface area contributed by atoms with Gasteiger partial charge in [-0.2, -0.15) is 29.0 Å². The fourth-order valence-electron chi connectivity index (χ4n) is 17.4. The van der Waals surface area contributed by atoms with Crippen molar-refractivity contribution in [1.82, 2.24) is 133 Å². The molecule has 12 aliphatic rings. The Balaban J connectivity index is 0.000000119. The number of aromatic amines is 3. The number of imidazole rings is 3. The van der Waals surface area contributed by atoms with Crippen molar-refractivity contribution in [2.24, 2.45) is 0 Å². The molecule has 12 fully saturated rings. The number of anilines is 6. The number of hydrogen-bond donors (Lipinski definition) is 15. The molecule has 12 bridgehead atoms. The van der Waals surface area contributed by atoms with Gasteiger partial charge in [-0.3, -0.25) is 74.7 Å². The summed E-state index contributed by atoms with van der Waals surface area (Å²) in [7, 11) is 0. The number of nitrogens with two attached hydrogens (primary N) is 6. The van der Waals surface area contributed by atoms with Gasteiger partial charge in [0.15, 0.2) is 124 Å². The zero-order chi connectivity index (χ0) is 96.5. The number of ether oxygens (including phenoxy) is 9. The second-order valence-electron chi connectivity index (χ2n) is 32.1. The summed E-state index contributed by atoms with van der Waals surface area (Å²) in [6.07, 6.45) is -21.4. The number of fused-ring (bicyclic) bond motifs is 12. The molecule has 0 aromatic carbocycles. The first-order chi connectivity index (χ1) is 65.5. The fraction of sp³-hybridized carbons (Fsp3) is 0.550. The lowest BCUT2D eigenvalue weighted by molar-refractivity contribution is -0.183. The Morgan fingerprint density at radius 2 is 0.667 bits per heavy atom. The topological polar surface area (TPSA) is 828 Å². The highest BCUT2D eigenvalue weighted by Gasteiger charge is 2.70. The molecule has 12 aromatic rings. The standard InChI is InChI=1S/3C20H22FN11O10P2S2/c3*21-7-6-1-37-43(34,45)42-12-11-17(31-5-26-8-13(22)24-4-25-14(8)31)40-20(12,2-36-11)3-38-44(35,46)41-10(7)18(39-6)32-15-9(29-30-32)16(33)28-19(23)27-15/h3*4-7,10-12,17-18H,1-3H2,(H,34,45)(H,35,46)(H2,22,24,25)(H3,23,27,28,33)/t3*6-,7+,10-,11-,12+,17-,18-,20-,43?,44?/m111/s1. The number of hydrogen-bond acceptors (Lipinski definition) is 54. The molecule has 138 heavy (non-hydrogen) atoms. The highest BCUT2D eigenvalue weighted by atomic mass is 32.7. The van der Waals surface area contributed by atoms with E-state index in [2.05, 4.69) is 118 Å². The van der Waals surface area contributed by atoms with Crippen LogP contribution in [0.1, 0.15) is 37.4 Å². The summed E-state index contributed by atoms with van der Waals surface area (Å²) in [6.45, 7) is -29.6. The van der Waals surface area contributed by atoms with Crippen molar-refractivity contribution in [3.05, 3.63) is 69.0 Å². The van der Waals surface area contributed by atoms with Crippen molar-refractivity contribution in [3.63, 3.8) is 0 Å². The lowest BCUT2D eigenvalue weighted by atomic mass is 10.0. The van der Waals surface area contributed by atoms with Crippen LogP contribution in [0, 0.1) is 0 Å². The van der Waals surface area contributed by atoms with Crippen molar-refractivity contribution >= 4 is 214 Å². The van der Waals surface area contributed by atoms with Crippen LogP contribution in [0.4, 0.5) is 48.5 Å². The molecule has 12 aliphatic heterocycles. The zero-order valence-electron chi connectivity index (χ0n) is 68.4. The molecule has 63 nitrogen and oxygen atoms in total. The Hall–Kier alpha value is -8.13. The monoisotopic (exact) mass is 2160 g/mol. The van der Waals surface area contributed by atoms with Gasteiger partial charge in [0, 0.05) is 0 Å². The van der Waals surface area contributed by atoms with E-state index in [0.717, 1.165) is 14.0 Å². The third kappa shape index (κ3) is 16.6. The molecule has 12 aromatic heterocycles.